The van der Waals surface area contributed by atoms with E-state index in [9.17, 15) is 0 Å². The Balaban J connectivity index is 2.22. The van der Waals surface area contributed by atoms with Crippen LogP contribution in [0.3, 0.4) is 0 Å². The Kier molecular flexibility index (Phi) is 1.26. The molecule has 0 saturated heterocycles. The van der Waals surface area contributed by atoms with Crippen LogP contribution in [0.25, 0.3) is 0 Å². The van der Waals surface area contributed by atoms with Crippen molar-refractivity contribution in [3.05, 3.63) is 0 Å². The van der Waals surface area contributed by atoms with E-state index in [0.29, 0.717) is 6.54 Å². The zero-order valence-corrected chi connectivity index (χ0v) is 3.87. The van der Waals surface area contributed by atoms with Gasteiger partial charge in [-0.1, -0.05) is 0 Å². The zero-order chi connectivity index (χ0) is 5.11. The monoisotopic (exact) mass is 101 g/mol. The SMILES string of the molecule is OCC1CN=CO1. The fourth-order valence-corrected chi connectivity index (χ4v) is 0.434. The number of aliphatic hydroxyl groups excluding tert-OH is 1. The third-order valence-electron chi connectivity index (χ3n) is 0.841. The van der Waals surface area contributed by atoms with Crippen LogP contribution in [0.4, 0.5) is 0 Å². The molecule has 0 fully saturated rings. The summed E-state index contributed by atoms with van der Waals surface area (Å²) in [5.74, 6) is 0. The Hall–Kier alpha value is -0.570. The Morgan fingerprint density at radius 3 is 3.14 bits per heavy atom. The molecule has 0 aromatic heterocycles. The molecule has 0 bridgehead atoms. The van der Waals surface area contributed by atoms with Crippen molar-refractivity contribution in [1.29, 1.82) is 0 Å². The molecule has 0 saturated carbocycles. The van der Waals surface area contributed by atoms with E-state index in [-0.39, 0.29) is 12.7 Å². The summed E-state index contributed by atoms with van der Waals surface area (Å²) in [7, 11) is 0. The molecule has 1 atom stereocenters. The van der Waals surface area contributed by atoms with Crippen molar-refractivity contribution in [1.82, 2.24) is 0 Å². The van der Waals surface area contributed by atoms with Gasteiger partial charge in [0.25, 0.3) is 0 Å². The highest BCUT2D eigenvalue weighted by Gasteiger charge is 2.08. The van der Waals surface area contributed by atoms with Crippen molar-refractivity contribution in [2.24, 2.45) is 4.99 Å². The highest BCUT2D eigenvalue weighted by Crippen LogP contribution is 1.94. The van der Waals surface area contributed by atoms with Gasteiger partial charge >= 0.3 is 0 Å². The van der Waals surface area contributed by atoms with Crippen LogP contribution in [0.15, 0.2) is 4.99 Å². The number of ether oxygens (including phenoxy) is 1. The highest BCUT2D eigenvalue weighted by atomic mass is 16.5. The summed E-state index contributed by atoms with van der Waals surface area (Å²) < 4.78 is 4.76. The smallest absolute Gasteiger partial charge is 0.170 e. The van der Waals surface area contributed by atoms with Gasteiger partial charge in [0.1, 0.15) is 6.10 Å². The molecule has 1 rings (SSSR count). The summed E-state index contributed by atoms with van der Waals surface area (Å²) in [6, 6.07) is 0. The van der Waals surface area contributed by atoms with Gasteiger partial charge in [-0.25, -0.2) is 0 Å². The molecule has 0 spiro atoms. The van der Waals surface area contributed by atoms with E-state index >= 15 is 0 Å². The van der Waals surface area contributed by atoms with E-state index < -0.39 is 0 Å². The molecule has 0 amide bonds. The van der Waals surface area contributed by atoms with E-state index in [0.717, 1.165) is 0 Å². The molecular weight excluding hydrogens is 94.0 g/mol. The summed E-state index contributed by atoms with van der Waals surface area (Å²) in [6.07, 6.45) is 1.31. The van der Waals surface area contributed by atoms with Gasteiger partial charge in [0.2, 0.25) is 0 Å². The van der Waals surface area contributed by atoms with Crippen molar-refractivity contribution in [3.63, 3.8) is 0 Å². The van der Waals surface area contributed by atoms with E-state index in [2.05, 4.69) is 4.99 Å². The van der Waals surface area contributed by atoms with Gasteiger partial charge in [-0.3, -0.25) is 4.99 Å². The molecule has 3 nitrogen and oxygen atoms in total. The van der Waals surface area contributed by atoms with Crippen LogP contribution >= 0.6 is 0 Å². The molecule has 1 N–H and O–H groups in total. The molecule has 0 aliphatic carbocycles. The summed E-state index contributed by atoms with van der Waals surface area (Å²) in [5, 5.41) is 8.36. The van der Waals surface area contributed by atoms with Crippen molar-refractivity contribution >= 4 is 6.40 Å². The van der Waals surface area contributed by atoms with Crippen molar-refractivity contribution in [3.8, 4) is 0 Å². The maximum atomic E-state index is 8.36. The summed E-state index contributed by atoms with van der Waals surface area (Å²) in [6.45, 7) is 0.677. The lowest BCUT2D eigenvalue weighted by molar-refractivity contribution is 0.134. The normalized spacial score (nSPS) is 27.9. The molecule has 1 aliphatic heterocycles. The Morgan fingerprint density at radius 2 is 2.86 bits per heavy atom. The first kappa shape index (κ1) is 4.59. The molecule has 1 heterocycles. The third-order valence-corrected chi connectivity index (χ3v) is 0.841. The molecule has 0 aromatic carbocycles. The van der Waals surface area contributed by atoms with Gasteiger partial charge in [-0.2, -0.15) is 0 Å². The van der Waals surface area contributed by atoms with Gasteiger partial charge in [-0.15, -0.1) is 0 Å². The summed E-state index contributed by atoms with van der Waals surface area (Å²) in [5.41, 5.74) is 0. The number of hydrogen-bond donors (Lipinski definition) is 1. The van der Waals surface area contributed by atoms with Crippen LogP contribution < -0.4 is 0 Å². The minimum absolute atomic E-state index is 0.0694. The number of aliphatic hydroxyl groups is 1. The highest BCUT2D eigenvalue weighted by molar-refractivity contribution is 5.48. The first-order valence-electron chi connectivity index (χ1n) is 2.18. The lowest BCUT2D eigenvalue weighted by Crippen LogP contribution is -2.14. The molecular formula is C4H7NO2. The fraction of sp³-hybridized carbons (Fsp3) is 0.750. The number of rotatable bonds is 1. The minimum atomic E-state index is -0.0694. The molecule has 7 heavy (non-hydrogen) atoms. The largest absolute Gasteiger partial charge is 0.476 e. The average molecular weight is 101 g/mol. The van der Waals surface area contributed by atoms with Gasteiger partial charge in [0.05, 0.1) is 13.2 Å². The van der Waals surface area contributed by atoms with E-state index in [1.54, 1.807) is 0 Å². The Morgan fingerprint density at radius 1 is 2.00 bits per heavy atom. The van der Waals surface area contributed by atoms with Crippen molar-refractivity contribution < 1.29 is 9.84 Å². The lowest BCUT2D eigenvalue weighted by atomic mass is 10.4. The van der Waals surface area contributed by atoms with Crippen molar-refractivity contribution in [2.45, 2.75) is 6.10 Å². The van der Waals surface area contributed by atoms with Gasteiger partial charge in [-0.05, 0) is 0 Å². The second-order valence-corrected chi connectivity index (χ2v) is 1.41. The van der Waals surface area contributed by atoms with Gasteiger partial charge < -0.3 is 9.84 Å². The van der Waals surface area contributed by atoms with Crippen LogP contribution in [0, 0.1) is 0 Å². The number of aliphatic imine (C=N–C) groups is 1. The fourth-order valence-electron chi connectivity index (χ4n) is 0.434. The molecule has 1 aliphatic rings. The van der Waals surface area contributed by atoms with Crippen molar-refractivity contribution in [2.75, 3.05) is 13.2 Å². The maximum absolute atomic E-state index is 8.36. The quantitative estimate of drug-likeness (QED) is 0.479. The van der Waals surface area contributed by atoms with Crippen LogP contribution in [-0.4, -0.2) is 30.8 Å². The third kappa shape index (κ3) is 0.899. The van der Waals surface area contributed by atoms with E-state index in [1.807, 2.05) is 0 Å². The van der Waals surface area contributed by atoms with Gasteiger partial charge in [0.15, 0.2) is 6.40 Å². The molecule has 3 heteroatoms. The first-order chi connectivity index (χ1) is 3.43. The second-order valence-electron chi connectivity index (χ2n) is 1.41. The number of hydrogen-bond acceptors (Lipinski definition) is 3. The predicted molar refractivity (Wildman–Crippen MR) is 25.3 cm³/mol. The Bertz CT molecular complexity index is 73.8. The van der Waals surface area contributed by atoms with E-state index in [4.69, 9.17) is 9.84 Å². The maximum Gasteiger partial charge on any atom is 0.170 e. The van der Waals surface area contributed by atoms with Crippen LogP contribution in [0.2, 0.25) is 0 Å². The lowest BCUT2D eigenvalue weighted by Gasteiger charge is -2.00. The molecule has 0 aromatic rings. The van der Waals surface area contributed by atoms with Crippen LogP contribution in [0.5, 0.6) is 0 Å². The van der Waals surface area contributed by atoms with Gasteiger partial charge in [0, 0.05) is 0 Å². The Labute approximate surface area is 41.6 Å². The zero-order valence-electron chi connectivity index (χ0n) is 3.87. The average Bonchev–Trinajstić information content (AvgIpc) is 2.14. The summed E-state index contributed by atoms with van der Waals surface area (Å²) >= 11 is 0. The standard InChI is InChI=1S/C4H7NO2/c6-2-4-1-5-3-7-4/h3-4,6H,1-2H2. The first-order valence-corrected chi connectivity index (χ1v) is 2.18. The molecule has 0 radical (unpaired) electrons. The van der Waals surface area contributed by atoms with Crippen LogP contribution in [-0.2, 0) is 4.74 Å². The van der Waals surface area contributed by atoms with E-state index in [1.165, 1.54) is 6.40 Å². The minimum Gasteiger partial charge on any atom is -0.476 e. The summed E-state index contributed by atoms with van der Waals surface area (Å²) in [4.78, 5) is 3.73. The second kappa shape index (κ2) is 1.93. The predicted octanol–water partition coefficient (Wildman–Crippen LogP) is -0.594. The number of nitrogens with zero attached hydrogens (tertiary/aromatic N) is 1. The molecule has 1 unspecified atom stereocenters. The molecule has 40 valence electrons. The topological polar surface area (TPSA) is 41.8 Å². The van der Waals surface area contributed by atoms with Crippen LogP contribution in [0.1, 0.15) is 0 Å².